The van der Waals surface area contributed by atoms with Crippen molar-refractivity contribution in [3.05, 3.63) is 66.5 Å². The largest absolute Gasteiger partial charge is 0.368 e. The maximum atomic E-state index is 13.7. The van der Waals surface area contributed by atoms with E-state index >= 15 is 0 Å². The van der Waals surface area contributed by atoms with E-state index in [1.807, 2.05) is 18.2 Å². The van der Waals surface area contributed by atoms with Crippen LogP contribution >= 0.6 is 0 Å². The predicted molar refractivity (Wildman–Crippen MR) is 96.5 cm³/mol. The molecule has 0 saturated carbocycles. The monoisotopic (exact) mass is 351 g/mol. The molecule has 0 radical (unpaired) electrons. The number of anilines is 2. The predicted octanol–water partition coefficient (Wildman–Crippen LogP) is 3.08. The topological polar surface area (TPSA) is 72.0 Å². The van der Waals surface area contributed by atoms with Crippen LogP contribution in [0, 0.1) is 5.82 Å². The summed E-state index contributed by atoms with van der Waals surface area (Å²) in [5.41, 5.74) is 2.13. The zero-order chi connectivity index (χ0) is 17.8. The molecule has 1 fully saturated rings. The first kappa shape index (κ1) is 16.6. The third-order valence-electron chi connectivity index (χ3n) is 4.01. The molecule has 3 aromatic rings. The van der Waals surface area contributed by atoms with Crippen LogP contribution in [-0.4, -0.2) is 34.6 Å². The zero-order valence-corrected chi connectivity index (χ0v) is 14.0. The molecule has 26 heavy (non-hydrogen) atoms. The highest BCUT2D eigenvalue weighted by Gasteiger charge is 2.20. The summed E-state index contributed by atoms with van der Waals surface area (Å²) in [7, 11) is 0. The Labute approximate surface area is 150 Å². The van der Waals surface area contributed by atoms with Crippen molar-refractivity contribution in [1.29, 1.82) is 0 Å². The van der Waals surface area contributed by atoms with Crippen LogP contribution in [0.1, 0.15) is 11.9 Å². The third-order valence-corrected chi connectivity index (χ3v) is 4.01. The number of nitrogens with one attached hydrogen (secondary N) is 2. The number of hydrogen-bond acceptors (Lipinski definition) is 6. The molecule has 0 spiro atoms. The molecule has 132 valence electrons. The van der Waals surface area contributed by atoms with Crippen LogP contribution in [0.15, 0.2) is 54.9 Å². The second-order valence-electron chi connectivity index (χ2n) is 5.94. The lowest BCUT2D eigenvalue weighted by atomic mass is 10.1. The molecule has 1 aliphatic rings. The van der Waals surface area contributed by atoms with Gasteiger partial charge in [-0.15, -0.1) is 0 Å². The molecule has 1 aromatic carbocycles. The minimum atomic E-state index is -0.306. The lowest BCUT2D eigenvalue weighted by Gasteiger charge is -2.23. The molecule has 7 heteroatoms. The first-order valence-corrected chi connectivity index (χ1v) is 8.42. The van der Waals surface area contributed by atoms with Crippen LogP contribution < -0.4 is 10.6 Å². The smallest absolute Gasteiger partial charge is 0.161 e. The summed E-state index contributed by atoms with van der Waals surface area (Å²) in [6, 6.07) is 11.9. The summed E-state index contributed by atoms with van der Waals surface area (Å²) in [4.78, 5) is 13.3. The van der Waals surface area contributed by atoms with Gasteiger partial charge in [0.2, 0.25) is 0 Å². The quantitative estimate of drug-likeness (QED) is 0.753. The minimum Gasteiger partial charge on any atom is -0.368 e. The average molecular weight is 351 g/mol. The van der Waals surface area contributed by atoms with Crippen molar-refractivity contribution in [1.82, 2.24) is 20.3 Å². The highest BCUT2D eigenvalue weighted by Crippen LogP contribution is 2.26. The molecular weight excluding hydrogens is 333 g/mol. The van der Waals surface area contributed by atoms with Crippen LogP contribution in [0.4, 0.5) is 15.9 Å². The Hall–Kier alpha value is -2.90. The highest BCUT2D eigenvalue weighted by atomic mass is 19.1. The minimum absolute atomic E-state index is 0.244. The van der Waals surface area contributed by atoms with Gasteiger partial charge < -0.3 is 15.4 Å². The molecule has 6 nitrogen and oxygen atoms in total. The number of benzene rings is 1. The van der Waals surface area contributed by atoms with Gasteiger partial charge in [-0.25, -0.2) is 14.4 Å². The van der Waals surface area contributed by atoms with Crippen molar-refractivity contribution >= 4 is 11.5 Å². The number of halogens is 1. The van der Waals surface area contributed by atoms with Gasteiger partial charge in [0.25, 0.3) is 0 Å². The Kier molecular flexibility index (Phi) is 4.81. The van der Waals surface area contributed by atoms with E-state index in [4.69, 9.17) is 4.74 Å². The van der Waals surface area contributed by atoms with Crippen molar-refractivity contribution in [2.75, 3.05) is 25.0 Å². The summed E-state index contributed by atoms with van der Waals surface area (Å²) in [6.45, 7) is 2.05. The van der Waals surface area contributed by atoms with Gasteiger partial charge in [0.1, 0.15) is 17.7 Å². The first-order chi connectivity index (χ1) is 12.8. The molecule has 1 unspecified atom stereocenters. The van der Waals surface area contributed by atoms with E-state index in [1.54, 1.807) is 24.5 Å². The van der Waals surface area contributed by atoms with Crippen molar-refractivity contribution in [3.8, 4) is 11.3 Å². The number of morpholine rings is 1. The van der Waals surface area contributed by atoms with E-state index in [9.17, 15) is 4.39 Å². The van der Waals surface area contributed by atoms with E-state index in [0.717, 1.165) is 12.2 Å². The van der Waals surface area contributed by atoms with E-state index in [0.29, 0.717) is 36.1 Å². The highest BCUT2D eigenvalue weighted by molar-refractivity contribution is 5.65. The van der Waals surface area contributed by atoms with Crippen LogP contribution in [0.25, 0.3) is 11.3 Å². The number of pyridine rings is 1. The third kappa shape index (κ3) is 3.84. The second-order valence-corrected chi connectivity index (χ2v) is 5.94. The Morgan fingerprint density at radius 2 is 2.12 bits per heavy atom. The Morgan fingerprint density at radius 3 is 2.88 bits per heavy atom. The molecule has 2 N–H and O–H groups in total. The van der Waals surface area contributed by atoms with E-state index in [-0.39, 0.29) is 11.9 Å². The van der Waals surface area contributed by atoms with Gasteiger partial charge in [0.05, 0.1) is 24.2 Å². The molecule has 3 heterocycles. The molecule has 0 amide bonds. The van der Waals surface area contributed by atoms with Crippen molar-refractivity contribution < 1.29 is 9.13 Å². The maximum Gasteiger partial charge on any atom is 0.161 e. The van der Waals surface area contributed by atoms with Gasteiger partial charge in [-0.05, 0) is 24.3 Å². The number of ether oxygens (including phenoxy) is 1. The summed E-state index contributed by atoms with van der Waals surface area (Å²) in [5.74, 6) is 0.863. The van der Waals surface area contributed by atoms with E-state index < -0.39 is 0 Å². The second kappa shape index (κ2) is 7.55. The molecule has 0 aliphatic carbocycles. The van der Waals surface area contributed by atoms with Crippen molar-refractivity contribution in [2.45, 2.75) is 6.10 Å². The lowest BCUT2D eigenvalue weighted by molar-refractivity contribution is 0.0223. The average Bonchev–Trinajstić information content (AvgIpc) is 2.69. The lowest BCUT2D eigenvalue weighted by Crippen LogP contribution is -2.34. The molecule has 1 atom stereocenters. The molecule has 1 saturated heterocycles. The van der Waals surface area contributed by atoms with Gasteiger partial charge in [-0.1, -0.05) is 12.1 Å². The first-order valence-electron chi connectivity index (χ1n) is 8.42. The van der Waals surface area contributed by atoms with Gasteiger partial charge in [0, 0.05) is 30.9 Å². The van der Waals surface area contributed by atoms with Gasteiger partial charge in [-0.3, -0.25) is 4.98 Å². The molecule has 2 aromatic heterocycles. The van der Waals surface area contributed by atoms with Crippen LogP contribution in [0.2, 0.25) is 0 Å². The van der Waals surface area contributed by atoms with Gasteiger partial charge >= 0.3 is 0 Å². The number of aromatic nitrogens is 3. The summed E-state index contributed by atoms with van der Waals surface area (Å²) < 4.78 is 19.4. The van der Waals surface area contributed by atoms with Crippen LogP contribution in [-0.2, 0) is 4.74 Å². The van der Waals surface area contributed by atoms with E-state index in [2.05, 4.69) is 25.6 Å². The fourth-order valence-corrected chi connectivity index (χ4v) is 2.79. The molecule has 1 aliphatic heterocycles. The Morgan fingerprint density at radius 1 is 1.15 bits per heavy atom. The SMILES string of the molecule is Fc1cccc(-c2cc(Nc3cccnc3)nc(C3CNCCO3)n2)c1. The number of hydrogen-bond donors (Lipinski definition) is 2. The zero-order valence-electron chi connectivity index (χ0n) is 14.0. The molecule has 0 bridgehead atoms. The molecular formula is C19H18FN5O. The summed E-state index contributed by atoms with van der Waals surface area (Å²) in [5, 5.41) is 6.50. The van der Waals surface area contributed by atoms with Crippen molar-refractivity contribution in [3.63, 3.8) is 0 Å². The van der Waals surface area contributed by atoms with Crippen molar-refractivity contribution in [2.24, 2.45) is 0 Å². The Balaban J connectivity index is 1.73. The summed E-state index contributed by atoms with van der Waals surface area (Å²) in [6.07, 6.45) is 3.17. The van der Waals surface area contributed by atoms with Crippen LogP contribution in [0.3, 0.4) is 0 Å². The van der Waals surface area contributed by atoms with Gasteiger partial charge in [-0.2, -0.15) is 0 Å². The normalized spacial score (nSPS) is 17.0. The van der Waals surface area contributed by atoms with E-state index in [1.165, 1.54) is 12.1 Å². The fourth-order valence-electron chi connectivity index (χ4n) is 2.79. The summed E-state index contributed by atoms with van der Waals surface area (Å²) >= 11 is 0. The maximum absolute atomic E-state index is 13.7. The molecule has 4 rings (SSSR count). The fraction of sp³-hybridized carbons (Fsp3) is 0.211. The van der Waals surface area contributed by atoms with Crippen LogP contribution in [0.5, 0.6) is 0 Å². The number of nitrogens with zero attached hydrogens (tertiary/aromatic N) is 3. The number of rotatable bonds is 4. The Bertz CT molecular complexity index is 884. The van der Waals surface area contributed by atoms with Gasteiger partial charge in [0.15, 0.2) is 5.82 Å². The standard InChI is InChI=1S/C19H18FN5O/c20-14-4-1-3-13(9-14)16-10-18(23-15-5-2-6-21-11-15)25-19(24-16)17-12-22-7-8-26-17/h1-6,9-11,17,22H,7-8,12H2,(H,23,24,25).